The zero-order valence-corrected chi connectivity index (χ0v) is 20.1. The quantitative estimate of drug-likeness (QED) is 0.548. The second-order valence-corrected chi connectivity index (χ2v) is 10.0. The van der Waals surface area contributed by atoms with E-state index in [4.69, 9.17) is 4.74 Å². The molecular formula is C25H30F2N6O3. The number of anilines is 3. The summed E-state index contributed by atoms with van der Waals surface area (Å²) >= 11 is 0. The number of nitrogens with zero attached hydrogens (tertiary/aromatic N) is 3. The van der Waals surface area contributed by atoms with E-state index in [-0.39, 0.29) is 23.6 Å². The van der Waals surface area contributed by atoms with Gasteiger partial charge in [-0.2, -0.15) is 0 Å². The molecule has 0 radical (unpaired) electrons. The van der Waals surface area contributed by atoms with E-state index in [9.17, 15) is 18.4 Å². The lowest BCUT2D eigenvalue weighted by molar-refractivity contribution is -0.124. The summed E-state index contributed by atoms with van der Waals surface area (Å²) in [5.74, 6) is 0.860. The van der Waals surface area contributed by atoms with Crippen LogP contribution in [-0.4, -0.2) is 46.3 Å². The summed E-state index contributed by atoms with van der Waals surface area (Å²) in [5, 5.41) is 16.3. The Morgan fingerprint density at radius 1 is 1.14 bits per heavy atom. The van der Waals surface area contributed by atoms with Gasteiger partial charge in [0.25, 0.3) is 6.43 Å². The molecule has 1 saturated carbocycles. The van der Waals surface area contributed by atoms with Crippen molar-refractivity contribution in [3.8, 4) is 0 Å². The molecule has 3 N–H and O–H groups in total. The van der Waals surface area contributed by atoms with Crippen LogP contribution in [0.2, 0.25) is 0 Å². The second-order valence-electron chi connectivity index (χ2n) is 10.0. The van der Waals surface area contributed by atoms with Crippen molar-refractivity contribution in [1.82, 2.24) is 15.2 Å². The van der Waals surface area contributed by atoms with Crippen LogP contribution in [0.3, 0.4) is 0 Å². The molecule has 9 nitrogen and oxygen atoms in total. The summed E-state index contributed by atoms with van der Waals surface area (Å²) in [7, 11) is 0. The van der Waals surface area contributed by atoms with Gasteiger partial charge in [-0.1, -0.05) is 19.8 Å². The number of alkyl halides is 2. The molecule has 36 heavy (non-hydrogen) atoms. The summed E-state index contributed by atoms with van der Waals surface area (Å²) < 4.78 is 31.2. The molecule has 1 aliphatic carbocycles. The molecule has 0 bridgehead atoms. The molecule has 2 aromatic heterocycles. The Kier molecular flexibility index (Phi) is 6.83. The van der Waals surface area contributed by atoms with E-state index in [0.717, 1.165) is 31.2 Å². The average molecular weight is 501 g/mol. The normalized spacial score (nSPS) is 23.7. The van der Waals surface area contributed by atoms with Gasteiger partial charge in [-0.15, -0.1) is 10.2 Å². The van der Waals surface area contributed by atoms with Crippen LogP contribution in [0.1, 0.15) is 63.1 Å². The van der Waals surface area contributed by atoms with Crippen LogP contribution in [0, 0.1) is 11.8 Å². The first-order valence-electron chi connectivity index (χ1n) is 12.4. The van der Waals surface area contributed by atoms with Crippen LogP contribution in [0.5, 0.6) is 0 Å². The van der Waals surface area contributed by atoms with Crippen molar-refractivity contribution in [3.63, 3.8) is 0 Å². The number of fused-ring (bicyclic) bond motifs is 2. The maximum atomic E-state index is 13.4. The van der Waals surface area contributed by atoms with Crippen molar-refractivity contribution >= 4 is 29.1 Å². The third-order valence-corrected chi connectivity index (χ3v) is 7.73. The van der Waals surface area contributed by atoms with Crippen molar-refractivity contribution in [1.29, 1.82) is 0 Å². The number of carbonyl (C=O) groups excluding carboxylic acids is 2. The van der Waals surface area contributed by atoms with Crippen molar-refractivity contribution < 1.29 is 23.1 Å². The molecule has 2 aromatic rings. The average Bonchev–Trinajstić information content (AvgIpc) is 3.13. The van der Waals surface area contributed by atoms with E-state index in [1.807, 2.05) is 0 Å². The number of halogens is 2. The molecule has 3 aliphatic rings. The molecule has 2 aliphatic heterocycles. The number of ether oxygens (including phenoxy) is 1. The van der Waals surface area contributed by atoms with Gasteiger partial charge in [0.05, 0.1) is 11.1 Å². The number of amides is 2. The number of rotatable bonds is 6. The standard InChI is InChI=1S/C25H30F2N6O3/c1-14-2-4-15(5-3-14)21(30-19-7-6-17(22(26)27)32-33-19)23(34)31-20-12-18-16(13-28-20)25(24(35)29-18)8-10-36-11-9-25/h6-7,12-15,21-22H,2-5,8-11H2,1H3,(H,29,35)(H,30,33)(H,28,31,34). The number of aromatic nitrogens is 3. The van der Waals surface area contributed by atoms with E-state index in [0.29, 0.717) is 43.5 Å². The van der Waals surface area contributed by atoms with Gasteiger partial charge in [0.1, 0.15) is 23.4 Å². The lowest BCUT2D eigenvalue weighted by atomic mass is 9.76. The van der Waals surface area contributed by atoms with E-state index in [2.05, 4.69) is 38.1 Å². The number of pyridine rings is 1. The maximum Gasteiger partial charge on any atom is 0.282 e. The highest BCUT2D eigenvalue weighted by Crippen LogP contribution is 2.44. The minimum atomic E-state index is -2.71. The smallest absolute Gasteiger partial charge is 0.282 e. The molecule has 1 spiro atoms. The number of carbonyl (C=O) groups is 2. The summed E-state index contributed by atoms with van der Waals surface area (Å²) in [4.78, 5) is 30.7. The van der Waals surface area contributed by atoms with Crippen LogP contribution in [0.15, 0.2) is 24.4 Å². The predicted molar refractivity (Wildman–Crippen MR) is 129 cm³/mol. The molecule has 192 valence electrons. The van der Waals surface area contributed by atoms with Crippen LogP contribution >= 0.6 is 0 Å². The fraction of sp³-hybridized carbons (Fsp3) is 0.560. The van der Waals surface area contributed by atoms with E-state index in [1.54, 1.807) is 12.3 Å². The SMILES string of the molecule is CC1CCC(C(Nc2ccc(C(F)F)nn2)C(=O)Nc2cc3c(cn2)C2(CCOCC2)C(=O)N3)CC1. The van der Waals surface area contributed by atoms with Crippen LogP contribution in [0.25, 0.3) is 0 Å². The lowest BCUT2D eigenvalue weighted by Gasteiger charge is -2.32. The fourth-order valence-electron chi connectivity index (χ4n) is 5.50. The highest BCUT2D eigenvalue weighted by atomic mass is 19.3. The Morgan fingerprint density at radius 2 is 1.89 bits per heavy atom. The fourth-order valence-corrected chi connectivity index (χ4v) is 5.50. The molecule has 1 unspecified atom stereocenters. The third-order valence-electron chi connectivity index (χ3n) is 7.73. The van der Waals surface area contributed by atoms with Crippen molar-refractivity contribution in [2.75, 3.05) is 29.2 Å². The van der Waals surface area contributed by atoms with Crippen molar-refractivity contribution in [3.05, 3.63) is 35.7 Å². The van der Waals surface area contributed by atoms with E-state index in [1.165, 1.54) is 12.1 Å². The van der Waals surface area contributed by atoms with E-state index < -0.39 is 23.6 Å². The van der Waals surface area contributed by atoms with Gasteiger partial charge in [-0.25, -0.2) is 13.8 Å². The largest absolute Gasteiger partial charge is 0.381 e. The van der Waals surface area contributed by atoms with Gasteiger partial charge in [0, 0.05) is 31.0 Å². The zero-order valence-electron chi connectivity index (χ0n) is 20.1. The summed E-state index contributed by atoms with van der Waals surface area (Å²) in [6.07, 6.45) is 3.85. The van der Waals surface area contributed by atoms with E-state index >= 15 is 0 Å². The molecule has 5 rings (SSSR count). The lowest BCUT2D eigenvalue weighted by Crippen LogP contribution is -2.42. The minimum absolute atomic E-state index is 0.0393. The number of hydrogen-bond donors (Lipinski definition) is 3. The number of nitrogens with one attached hydrogen (secondary N) is 3. The topological polar surface area (TPSA) is 118 Å². The first kappa shape index (κ1) is 24.5. The summed E-state index contributed by atoms with van der Waals surface area (Å²) in [6, 6.07) is 3.66. The molecule has 2 amide bonds. The first-order valence-corrected chi connectivity index (χ1v) is 12.4. The van der Waals surface area contributed by atoms with Crippen LogP contribution in [0.4, 0.5) is 26.1 Å². The molecular weight excluding hydrogens is 470 g/mol. The highest BCUT2D eigenvalue weighted by molar-refractivity contribution is 6.07. The first-order chi connectivity index (χ1) is 17.4. The Balaban J connectivity index is 1.34. The van der Waals surface area contributed by atoms with Crippen LogP contribution in [-0.2, 0) is 19.7 Å². The Hall–Kier alpha value is -3.21. The zero-order chi connectivity index (χ0) is 25.3. The van der Waals surface area contributed by atoms with Gasteiger partial charge in [0.15, 0.2) is 0 Å². The predicted octanol–water partition coefficient (Wildman–Crippen LogP) is 4.06. The summed E-state index contributed by atoms with van der Waals surface area (Å²) in [5.41, 5.74) is 0.435. The van der Waals surface area contributed by atoms with Crippen LogP contribution < -0.4 is 16.0 Å². The van der Waals surface area contributed by atoms with Gasteiger partial charge < -0.3 is 20.7 Å². The molecule has 11 heteroatoms. The Bertz CT molecular complexity index is 1120. The third kappa shape index (κ3) is 4.76. The molecule has 2 fully saturated rings. The maximum absolute atomic E-state index is 13.4. The highest BCUT2D eigenvalue weighted by Gasteiger charge is 2.48. The molecule has 0 aromatic carbocycles. The van der Waals surface area contributed by atoms with Gasteiger partial charge in [0.2, 0.25) is 11.8 Å². The second kappa shape index (κ2) is 10.0. The molecule has 1 saturated heterocycles. The van der Waals surface area contributed by atoms with Gasteiger partial charge in [-0.05, 0) is 49.7 Å². The Morgan fingerprint density at radius 3 is 2.56 bits per heavy atom. The van der Waals surface area contributed by atoms with Gasteiger partial charge in [-0.3, -0.25) is 9.59 Å². The van der Waals surface area contributed by atoms with Gasteiger partial charge >= 0.3 is 0 Å². The monoisotopic (exact) mass is 500 g/mol. The minimum Gasteiger partial charge on any atom is -0.381 e. The van der Waals surface area contributed by atoms with Crippen molar-refractivity contribution in [2.24, 2.45) is 11.8 Å². The molecule has 4 heterocycles. The van der Waals surface area contributed by atoms with Crippen molar-refractivity contribution in [2.45, 2.75) is 63.3 Å². The number of hydrogen-bond acceptors (Lipinski definition) is 7. The summed E-state index contributed by atoms with van der Waals surface area (Å²) in [6.45, 7) is 3.22. The molecule has 1 atom stereocenters. The Labute approximate surface area is 207 Å².